The maximum absolute atomic E-state index is 12.2. The third kappa shape index (κ3) is 3.13. The van der Waals surface area contributed by atoms with Crippen LogP contribution in [0.3, 0.4) is 0 Å². The van der Waals surface area contributed by atoms with Crippen LogP contribution >= 0.6 is 0 Å². The third-order valence-electron chi connectivity index (χ3n) is 4.02. The Balaban J connectivity index is 1.67. The molecule has 1 aromatic carbocycles. The minimum Gasteiger partial charge on any atom is -0.391 e. The lowest BCUT2D eigenvalue weighted by Gasteiger charge is -2.28. The van der Waals surface area contributed by atoms with E-state index >= 15 is 0 Å². The molecule has 1 heterocycles. The second-order valence-corrected chi connectivity index (χ2v) is 5.50. The largest absolute Gasteiger partial charge is 0.391 e. The van der Waals surface area contributed by atoms with Crippen LogP contribution in [-0.4, -0.2) is 33.4 Å². The van der Waals surface area contributed by atoms with Gasteiger partial charge in [-0.15, -0.1) is 0 Å². The topological polar surface area (TPSA) is 78.0 Å². The predicted molar refractivity (Wildman–Crippen MR) is 79.8 cm³/mol. The highest BCUT2D eigenvalue weighted by Gasteiger charge is 2.24. The Morgan fingerprint density at radius 2 is 1.95 bits per heavy atom. The highest BCUT2D eigenvalue weighted by molar-refractivity contribution is 5.94. The molecule has 1 aliphatic rings. The second-order valence-electron chi connectivity index (χ2n) is 5.50. The number of nitrogens with one attached hydrogen (secondary N) is 2. The van der Waals surface area contributed by atoms with Crippen LogP contribution in [0.2, 0.25) is 0 Å². The van der Waals surface area contributed by atoms with Gasteiger partial charge in [-0.05, 0) is 30.5 Å². The number of aliphatic hydroxyl groups is 1. The third-order valence-corrected chi connectivity index (χ3v) is 4.02. The second kappa shape index (κ2) is 6.10. The SMILES string of the molecule is O=C(N[C@@H]1CCCC[C@H]1O)c1ccc(-c2cn[nH]c2)cc1. The predicted octanol–water partition coefficient (Wildman–Crippen LogP) is 2.11. The minimum absolute atomic E-state index is 0.125. The van der Waals surface area contributed by atoms with E-state index in [-0.39, 0.29) is 11.9 Å². The molecule has 1 aliphatic carbocycles. The zero-order valence-electron chi connectivity index (χ0n) is 11.7. The number of nitrogens with zero attached hydrogens (tertiary/aromatic N) is 1. The van der Waals surface area contributed by atoms with Crippen LogP contribution in [0.5, 0.6) is 0 Å². The van der Waals surface area contributed by atoms with Crippen LogP contribution in [-0.2, 0) is 0 Å². The van der Waals surface area contributed by atoms with E-state index in [1.807, 2.05) is 18.3 Å². The first-order valence-corrected chi connectivity index (χ1v) is 7.32. The zero-order valence-corrected chi connectivity index (χ0v) is 11.7. The van der Waals surface area contributed by atoms with Gasteiger partial charge in [0.2, 0.25) is 0 Å². The summed E-state index contributed by atoms with van der Waals surface area (Å²) < 4.78 is 0. The molecule has 1 amide bonds. The van der Waals surface area contributed by atoms with E-state index in [9.17, 15) is 9.90 Å². The van der Waals surface area contributed by atoms with Gasteiger partial charge in [0, 0.05) is 17.3 Å². The fourth-order valence-corrected chi connectivity index (χ4v) is 2.75. The Morgan fingerprint density at radius 3 is 2.62 bits per heavy atom. The maximum Gasteiger partial charge on any atom is 0.251 e. The number of aromatic amines is 1. The Kier molecular flexibility index (Phi) is 4.01. The number of amides is 1. The molecule has 0 radical (unpaired) electrons. The van der Waals surface area contributed by atoms with Crippen molar-refractivity contribution < 1.29 is 9.90 Å². The van der Waals surface area contributed by atoms with Crippen LogP contribution in [0.4, 0.5) is 0 Å². The highest BCUT2D eigenvalue weighted by Crippen LogP contribution is 2.20. The molecule has 0 spiro atoms. The molecule has 3 N–H and O–H groups in total. The first kappa shape index (κ1) is 13.8. The van der Waals surface area contributed by atoms with Crippen LogP contribution in [0.1, 0.15) is 36.0 Å². The van der Waals surface area contributed by atoms with Crippen molar-refractivity contribution in [2.75, 3.05) is 0 Å². The lowest BCUT2D eigenvalue weighted by Crippen LogP contribution is -2.45. The molecule has 2 aromatic rings. The van der Waals surface area contributed by atoms with Crippen molar-refractivity contribution in [3.8, 4) is 11.1 Å². The van der Waals surface area contributed by atoms with Crippen molar-refractivity contribution in [2.45, 2.75) is 37.8 Å². The summed E-state index contributed by atoms with van der Waals surface area (Å²) in [7, 11) is 0. The summed E-state index contributed by atoms with van der Waals surface area (Å²) in [4.78, 5) is 12.2. The number of benzene rings is 1. The Hall–Kier alpha value is -2.14. The normalized spacial score (nSPS) is 22.0. The van der Waals surface area contributed by atoms with Crippen LogP contribution in [0.25, 0.3) is 11.1 Å². The number of hydrogen-bond acceptors (Lipinski definition) is 3. The Bertz CT molecular complexity index is 592. The van der Waals surface area contributed by atoms with Crippen molar-refractivity contribution in [1.29, 1.82) is 0 Å². The smallest absolute Gasteiger partial charge is 0.251 e. The molecular formula is C16H19N3O2. The quantitative estimate of drug-likeness (QED) is 0.808. The van der Waals surface area contributed by atoms with E-state index in [4.69, 9.17) is 0 Å². The van der Waals surface area contributed by atoms with Gasteiger partial charge in [-0.2, -0.15) is 5.10 Å². The molecule has 0 unspecified atom stereocenters. The molecule has 21 heavy (non-hydrogen) atoms. The molecule has 3 rings (SSSR count). The fourth-order valence-electron chi connectivity index (χ4n) is 2.75. The summed E-state index contributed by atoms with van der Waals surface area (Å²) in [6.07, 6.45) is 6.84. The number of aliphatic hydroxyl groups excluding tert-OH is 1. The zero-order chi connectivity index (χ0) is 14.7. The van der Waals surface area contributed by atoms with Crippen LogP contribution < -0.4 is 5.32 Å². The molecule has 0 saturated heterocycles. The van der Waals surface area contributed by atoms with Crippen molar-refractivity contribution in [3.63, 3.8) is 0 Å². The van der Waals surface area contributed by atoms with Gasteiger partial charge in [-0.1, -0.05) is 25.0 Å². The highest BCUT2D eigenvalue weighted by atomic mass is 16.3. The number of aromatic nitrogens is 2. The van der Waals surface area contributed by atoms with Gasteiger partial charge in [-0.3, -0.25) is 9.89 Å². The molecule has 2 atom stereocenters. The van der Waals surface area contributed by atoms with Gasteiger partial charge in [0.05, 0.1) is 18.3 Å². The summed E-state index contributed by atoms with van der Waals surface area (Å²) in [5.74, 6) is -0.125. The first-order valence-electron chi connectivity index (χ1n) is 7.32. The van der Waals surface area contributed by atoms with E-state index in [0.29, 0.717) is 5.56 Å². The van der Waals surface area contributed by atoms with Crippen molar-refractivity contribution in [3.05, 3.63) is 42.2 Å². The maximum atomic E-state index is 12.2. The number of carbonyl (C=O) groups excluding carboxylic acids is 1. The molecule has 5 nitrogen and oxygen atoms in total. The van der Waals surface area contributed by atoms with Crippen LogP contribution in [0, 0.1) is 0 Å². The molecular weight excluding hydrogens is 266 g/mol. The minimum atomic E-state index is -0.423. The summed E-state index contributed by atoms with van der Waals surface area (Å²) in [6.45, 7) is 0. The summed E-state index contributed by atoms with van der Waals surface area (Å²) >= 11 is 0. The van der Waals surface area contributed by atoms with Gasteiger partial charge >= 0.3 is 0 Å². The van der Waals surface area contributed by atoms with Crippen molar-refractivity contribution in [2.24, 2.45) is 0 Å². The molecule has 1 aromatic heterocycles. The number of hydrogen-bond donors (Lipinski definition) is 3. The summed E-state index contributed by atoms with van der Waals surface area (Å²) in [6, 6.07) is 7.27. The first-order chi connectivity index (χ1) is 10.2. The van der Waals surface area contributed by atoms with Gasteiger partial charge < -0.3 is 10.4 Å². The van der Waals surface area contributed by atoms with E-state index in [2.05, 4.69) is 15.5 Å². The average molecular weight is 285 g/mol. The van der Waals surface area contributed by atoms with E-state index in [1.54, 1.807) is 18.3 Å². The molecule has 110 valence electrons. The molecule has 0 bridgehead atoms. The average Bonchev–Trinajstić information content (AvgIpc) is 3.04. The Labute approximate surface area is 123 Å². The standard InChI is InChI=1S/C16H19N3O2/c20-15-4-2-1-3-14(15)19-16(21)12-7-5-11(6-8-12)13-9-17-18-10-13/h5-10,14-15,20H,1-4H2,(H,17,18)(H,19,21)/t14-,15-/m1/s1. The Morgan fingerprint density at radius 1 is 1.19 bits per heavy atom. The van der Waals surface area contributed by atoms with Crippen LogP contribution in [0.15, 0.2) is 36.7 Å². The van der Waals surface area contributed by atoms with Gasteiger partial charge in [0.25, 0.3) is 5.91 Å². The monoisotopic (exact) mass is 285 g/mol. The van der Waals surface area contributed by atoms with Crippen molar-refractivity contribution >= 4 is 5.91 Å². The molecule has 1 fully saturated rings. The van der Waals surface area contributed by atoms with E-state index in [0.717, 1.165) is 36.8 Å². The van der Waals surface area contributed by atoms with E-state index in [1.165, 1.54) is 0 Å². The summed E-state index contributed by atoms with van der Waals surface area (Å²) in [5, 5.41) is 19.5. The lowest BCUT2D eigenvalue weighted by molar-refractivity contribution is 0.0717. The molecule has 1 saturated carbocycles. The molecule has 5 heteroatoms. The van der Waals surface area contributed by atoms with Crippen molar-refractivity contribution in [1.82, 2.24) is 15.5 Å². The number of H-pyrrole nitrogens is 1. The number of carbonyl (C=O) groups is 1. The molecule has 0 aliphatic heterocycles. The van der Waals surface area contributed by atoms with E-state index < -0.39 is 6.10 Å². The van der Waals surface area contributed by atoms with Gasteiger partial charge in [0.15, 0.2) is 0 Å². The van der Waals surface area contributed by atoms with Gasteiger partial charge in [0.1, 0.15) is 0 Å². The summed E-state index contributed by atoms with van der Waals surface area (Å²) in [5.41, 5.74) is 2.61. The lowest BCUT2D eigenvalue weighted by atomic mass is 9.92. The van der Waals surface area contributed by atoms with Gasteiger partial charge in [-0.25, -0.2) is 0 Å². The fraction of sp³-hybridized carbons (Fsp3) is 0.375. The number of rotatable bonds is 3.